The van der Waals surface area contributed by atoms with E-state index in [1.807, 2.05) is 11.3 Å². The molecule has 1 aromatic carbocycles. The molecule has 1 atom stereocenters. The molecular weight excluding hydrogens is 274 g/mol. The van der Waals surface area contributed by atoms with Gasteiger partial charge in [0.2, 0.25) is 0 Å². The zero-order valence-corrected chi connectivity index (χ0v) is 14.7. The highest BCUT2D eigenvalue weighted by atomic mass is 32.1. The number of benzene rings is 1. The minimum absolute atomic E-state index is 0.413. The number of nitrogens with one attached hydrogen (secondary N) is 1. The van der Waals surface area contributed by atoms with Crippen molar-refractivity contribution in [2.75, 3.05) is 0 Å². The molecule has 0 amide bonds. The number of rotatable bonds is 6. The molecular formula is C19H27NS. The van der Waals surface area contributed by atoms with E-state index in [9.17, 15) is 0 Å². The molecule has 2 rings (SSSR count). The molecule has 1 nitrogen and oxygen atoms in total. The first-order valence-corrected chi connectivity index (χ1v) is 8.71. The Hall–Kier alpha value is -1.12. The second-order valence-corrected chi connectivity index (χ2v) is 7.60. The number of aryl methyl sites for hydroxylation is 3. The van der Waals surface area contributed by atoms with Crippen molar-refractivity contribution in [2.24, 2.45) is 5.92 Å². The summed E-state index contributed by atoms with van der Waals surface area (Å²) in [5, 5.41) is 3.75. The van der Waals surface area contributed by atoms with Crippen molar-refractivity contribution in [2.45, 2.75) is 53.6 Å². The molecule has 21 heavy (non-hydrogen) atoms. The first-order valence-electron chi connectivity index (χ1n) is 7.89. The van der Waals surface area contributed by atoms with Crippen molar-refractivity contribution in [1.29, 1.82) is 0 Å². The lowest BCUT2D eigenvalue weighted by molar-refractivity contribution is 0.410. The van der Waals surface area contributed by atoms with Gasteiger partial charge in [0.05, 0.1) is 0 Å². The minimum Gasteiger partial charge on any atom is -0.306 e. The summed E-state index contributed by atoms with van der Waals surface area (Å²) in [6.07, 6.45) is 1.10. The number of hydrogen-bond acceptors (Lipinski definition) is 2. The molecule has 0 saturated heterocycles. The van der Waals surface area contributed by atoms with Crippen LogP contribution < -0.4 is 5.32 Å². The zero-order valence-electron chi connectivity index (χ0n) is 13.9. The monoisotopic (exact) mass is 301 g/mol. The second-order valence-electron chi connectivity index (χ2n) is 6.14. The van der Waals surface area contributed by atoms with Gasteiger partial charge in [-0.3, -0.25) is 0 Å². The van der Waals surface area contributed by atoms with E-state index in [0.29, 0.717) is 12.0 Å². The van der Waals surface area contributed by atoms with Crippen LogP contribution in [-0.2, 0) is 13.0 Å². The van der Waals surface area contributed by atoms with Gasteiger partial charge in [0.1, 0.15) is 0 Å². The maximum Gasteiger partial charge on any atom is 0.0346 e. The topological polar surface area (TPSA) is 12.0 Å². The van der Waals surface area contributed by atoms with Gasteiger partial charge in [0, 0.05) is 22.3 Å². The molecule has 0 bridgehead atoms. The SMILES string of the molecule is CCc1ccc(C(NCc2cc(C)sc2C)C(C)C)cc1. The van der Waals surface area contributed by atoms with E-state index in [2.05, 4.69) is 70.3 Å². The van der Waals surface area contributed by atoms with Crippen molar-refractivity contribution in [1.82, 2.24) is 5.32 Å². The highest BCUT2D eigenvalue weighted by molar-refractivity contribution is 7.12. The Kier molecular flexibility index (Phi) is 5.60. The predicted octanol–water partition coefficient (Wildman–Crippen LogP) is 5.41. The molecule has 0 aliphatic heterocycles. The third-order valence-corrected chi connectivity index (χ3v) is 5.08. The summed E-state index contributed by atoms with van der Waals surface area (Å²) in [6.45, 7) is 12.1. The summed E-state index contributed by atoms with van der Waals surface area (Å²) in [4.78, 5) is 2.83. The van der Waals surface area contributed by atoms with Crippen LogP contribution >= 0.6 is 11.3 Å². The van der Waals surface area contributed by atoms with Gasteiger partial charge in [-0.05, 0) is 48.9 Å². The van der Waals surface area contributed by atoms with Crippen LogP contribution in [0.3, 0.4) is 0 Å². The van der Waals surface area contributed by atoms with E-state index in [1.54, 1.807) is 0 Å². The first-order chi connectivity index (χ1) is 10.0. The van der Waals surface area contributed by atoms with Crippen LogP contribution in [0.1, 0.15) is 53.3 Å². The summed E-state index contributed by atoms with van der Waals surface area (Å²) >= 11 is 1.89. The molecule has 0 aliphatic rings. The summed E-state index contributed by atoms with van der Waals surface area (Å²) < 4.78 is 0. The van der Waals surface area contributed by atoms with E-state index in [0.717, 1.165) is 13.0 Å². The van der Waals surface area contributed by atoms with Crippen LogP contribution in [0.2, 0.25) is 0 Å². The lowest BCUT2D eigenvalue weighted by Crippen LogP contribution is -2.25. The Bertz CT molecular complexity index is 566. The molecule has 1 unspecified atom stereocenters. The molecule has 1 heterocycles. The van der Waals surface area contributed by atoms with E-state index in [1.165, 1.54) is 26.4 Å². The van der Waals surface area contributed by atoms with Gasteiger partial charge in [-0.25, -0.2) is 0 Å². The average molecular weight is 301 g/mol. The highest BCUT2D eigenvalue weighted by Crippen LogP contribution is 2.25. The molecule has 0 spiro atoms. The summed E-state index contributed by atoms with van der Waals surface area (Å²) in [5.74, 6) is 0.581. The summed E-state index contributed by atoms with van der Waals surface area (Å²) in [7, 11) is 0. The van der Waals surface area contributed by atoms with Gasteiger partial charge in [-0.2, -0.15) is 0 Å². The Morgan fingerprint density at radius 2 is 1.76 bits per heavy atom. The summed E-state index contributed by atoms with van der Waals surface area (Å²) in [6, 6.07) is 11.8. The zero-order chi connectivity index (χ0) is 15.4. The van der Waals surface area contributed by atoms with Crippen LogP contribution in [0.4, 0.5) is 0 Å². The van der Waals surface area contributed by atoms with E-state index in [4.69, 9.17) is 0 Å². The van der Waals surface area contributed by atoms with Crippen LogP contribution in [-0.4, -0.2) is 0 Å². The maximum absolute atomic E-state index is 3.75. The Morgan fingerprint density at radius 1 is 1.10 bits per heavy atom. The van der Waals surface area contributed by atoms with Gasteiger partial charge in [-0.15, -0.1) is 11.3 Å². The van der Waals surface area contributed by atoms with Crippen LogP contribution in [0.5, 0.6) is 0 Å². The highest BCUT2D eigenvalue weighted by Gasteiger charge is 2.16. The van der Waals surface area contributed by atoms with Gasteiger partial charge in [0.25, 0.3) is 0 Å². The molecule has 0 saturated carbocycles. The number of thiophene rings is 1. The fraction of sp³-hybridized carbons (Fsp3) is 0.474. The van der Waals surface area contributed by atoms with Crippen molar-refractivity contribution in [3.63, 3.8) is 0 Å². The van der Waals surface area contributed by atoms with Crippen LogP contribution in [0.15, 0.2) is 30.3 Å². The molecule has 0 aliphatic carbocycles. The van der Waals surface area contributed by atoms with E-state index in [-0.39, 0.29) is 0 Å². The molecule has 0 radical (unpaired) electrons. The smallest absolute Gasteiger partial charge is 0.0346 e. The maximum atomic E-state index is 3.75. The van der Waals surface area contributed by atoms with Gasteiger partial charge >= 0.3 is 0 Å². The molecule has 114 valence electrons. The normalized spacial score (nSPS) is 12.9. The van der Waals surface area contributed by atoms with Crippen molar-refractivity contribution < 1.29 is 0 Å². The Morgan fingerprint density at radius 3 is 2.24 bits per heavy atom. The Balaban J connectivity index is 2.10. The fourth-order valence-corrected chi connectivity index (χ4v) is 3.72. The first kappa shape index (κ1) is 16.3. The average Bonchev–Trinajstić information content (AvgIpc) is 2.77. The van der Waals surface area contributed by atoms with Crippen LogP contribution in [0.25, 0.3) is 0 Å². The van der Waals surface area contributed by atoms with Gasteiger partial charge in [0.15, 0.2) is 0 Å². The lowest BCUT2D eigenvalue weighted by Gasteiger charge is -2.23. The van der Waals surface area contributed by atoms with E-state index >= 15 is 0 Å². The van der Waals surface area contributed by atoms with Gasteiger partial charge in [-0.1, -0.05) is 45.0 Å². The summed E-state index contributed by atoms with van der Waals surface area (Å²) in [5.41, 5.74) is 4.24. The predicted molar refractivity (Wildman–Crippen MR) is 94.0 cm³/mol. The van der Waals surface area contributed by atoms with Crippen LogP contribution in [0, 0.1) is 19.8 Å². The molecule has 0 fully saturated rings. The molecule has 2 aromatic rings. The Labute approximate surface area is 133 Å². The largest absolute Gasteiger partial charge is 0.306 e. The number of hydrogen-bond donors (Lipinski definition) is 1. The molecule has 2 heteroatoms. The third kappa shape index (κ3) is 4.18. The van der Waals surface area contributed by atoms with Crippen molar-refractivity contribution >= 4 is 11.3 Å². The molecule has 1 aromatic heterocycles. The third-order valence-electron chi connectivity index (χ3n) is 4.07. The van der Waals surface area contributed by atoms with Crippen molar-refractivity contribution in [3.8, 4) is 0 Å². The lowest BCUT2D eigenvalue weighted by atomic mass is 9.94. The fourth-order valence-electron chi connectivity index (χ4n) is 2.78. The van der Waals surface area contributed by atoms with E-state index < -0.39 is 0 Å². The van der Waals surface area contributed by atoms with Gasteiger partial charge < -0.3 is 5.32 Å². The minimum atomic E-state index is 0.413. The molecule has 1 N–H and O–H groups in total. The van der Waals surface area contributed by atoms with Crippen molar-refractivity contribution in [3.05, 3.63) is 56.8 Å². The standard InChI is InChI=1S/C19H27NS/c1-6-16-7-9-17(10-8-16)19(13(2)3)20-12-18-11-14(4)21-15(18)5/h7-11,13,19-20H,6,12H2,1-5H3. The second kappa shape index (κ2) is 7.24. The quantitative estimate of drug-likeness (QED) is 0.751.